The first kappa shape index (κ1) is 15.2. The van der Waals surface area contributed by atoms with Gasteiger partial charge in [-0.1, -0.05) is 19.9 Å². The molecule has 0 saturated carbocycles. The lowest BCUT2D eigenvalue weighted by atomic mass is 9.82. The summed E-state index contributed by atoms with van der Waals surface area (Å²) in [6.07, 6.45) is 1.07. The number of nitrogens with zero attached hydrogens (tertiary/aromatic N) is 2. The van der Waals surface area contributed by atoms with Gasteiger partial charge in [0.15, 0.2) is 0 Å². The lowest BCUT2D eigenvalue weighted by Crippen LogP contribution is -2.40. The Hall–Kier alpha value is -1.82. The van der Waals surface area contributed by atoms with Crippen molar-refractivity contribution in [1.82, 2.24) is 0 Å². The fourth-order valence-corrected chi connectivity index (χ4v) is 2.34. The van der Waals surface area contributed by atoms with E-state index in [1.807, 2.05) is 39.8 Å². The molecule has 1 aromatic rings. The molecule has 3 nitrogen and oxygen atoms in total. The highest BCUT2D eigenvalue weighted by atomic mass is 16.2. The smallest absolute Gasteiger partial charge is 0.247 e. The first-order chi connectivity index (χ1) is 8.90. The standard InChI is InChI=1S/C16H22N2O/c1-6-16(7-2,11-17)15(19)18(5)14-9-12(3)8-13(4)10-14/h8-10H,6-7H2,1-5H3. The maximum absolute atomic E-state index is 12.6. The molecule has 0 bridgehead atoms. The molecular formula is C16H22N2O. The van der Waals surface area contributed by atoms with Crippen molar-refractivity contribution in [1.29, 1.82) is 5.26 Å². The van der Waals surface area contributed by atoms with Crippen molar-refractivity contribution in [2.45, 2.75) is 40.5 Å². The number of rotatable bonds is 4. The van der Waals surface area contributed by atoms with E-state index in [0.29, 0.717) is 12.8 Å². The van der Waals surface area contributed by atoms with Crippen molar-refractivity contribution < 1.29 is 4.79 Å². The normalized spacial score (nSPS) is 10.9. The van der Waals surface area contributed by atoms with Gasteiger partial charge in [-0.15, -0.1) is 0 Å². The molecule has 0 radical (unpaired) electrons. The molecule has 19 heavy (non-hydrogen) atoms. The summed E-state index contributed by atoms with van der Waals surface area (Å²) in [5.41, 5.74) is 2.17. The average molecular weight is 258 g/mol. The third-order valence-corrected chi connectivity index (χ3v) is 3.73. The van der Waals surface area contributed by atoms with Crippen LogP contribution in [0.3, 0.4) is 0 Å². The number of hydrogen-bond acceptors (Lipinski definition) is 2. The Labute approximate surface area is 115 Å². The van der Waals surface area contributed by atoms with E-state index in [0.717, 1.165) is 16.8 Å². The number of aryl methyl sites for hydroxylation is 2. The van der Waals surface area contributed by atoms with Gasteiger partial charge >= 0.3 is 0 Å². The van der Waals surface area contributed by atoms with Crippen LogP contribution in [0.15, 0.2) is 18.2 Å². The molecule has 1 amide bonds. The first-order valence-corrected chi connectivity index (χ1v) is 6.68. The average Bonchev–Trinajstić information content (AvgIpc) is 2.39. The van der Waals surface area contributed by atoms with Crippen LogP contribution in [0.2, 0.25) is 0 Å². The minimum absolute atomic E-state index is 0.120. The van der Waals surface area contributed by atoms with Gasteiger partial charge in [-0.25, -0.2) is 0 Å². The number of nitriles is 1. The van der Waals surface area contributed by atoms with Crippen LogP contribution >= 0.6 is 0 Å². The number of carbonyl (C=O) groups excluding carboxylic acids is 1. The summed E-state index contributed by atoms with van der Waals surface area (Å²) in [7, 11) is 1.74. The van der Waals surface area contributed by atoms with Gasteiger partial charge in [0, 0.05) is 12.7 Å². The van der Waals surface area contributed by atoms with Crippen molar-refractivity contribution in [3.05, 3.63) is 29.3 Å². The molecule has 0 unspecified atom stereocenters. The van der Waals surface area contributed by atoms with Gasteiger partial charge in [0.1, 0.15) is 5.41 Å². The molecule has 0 aliphatic carbocycles. The van der Waals surface area contributed by atoms with Crippen molar-refractivity contribution in [2.75, 3.05) is 11.9 Å². The molecule has 102 valence electrons. The molecule has 3 heteroatoms. The van der Waals surface area contributed by atoms with E-state index in [9.17, 15) is 10.1 Å². The zero-order valence-corrected chi connectivity index (χ0v) is 12.4. The van der Waals surface area contributed by atoms with E-state index in [4.69, 9.17) is 0 Å². The van der Waals surface area contributed by atoms with Crippen LogP contribution in [0.1, 0.15) is 37.8 Å². The van der Waals surface area contributed by atoms with Gasteiger partial charge in [-0.3, -0.25) is 4.79 Å². The Morgan fingerprint density at radius 3 is 2.05 bits per heavy atom. The highest BCUT2D eigenvalue weighted by Gasteiger charge is 2.37. The van der Waals surface area contributed by atoms with E-state index >= 15 is 0 Å². The second-order valence-electron chi connectivity index (χ2n) is 5.11. The molecule has 0 heterocycles. The zero-order chi connectivity index (χ0) is 14.6. The Morgan fingerprint density at radius 2 is 1.68 bits per heavy atom. The van der Waals surface area contributed by atoms with Gasteiger partial charge < -0.3 is 4.90 Å². The molecule has 0 atom stereocenters. The number of carbonyl (C=O) groups is 1. The van der Waals surface area contributed by atoms with Crippen LogP contribution in [0.4, 0.5) is 5.69 Å². The topological polar surface area (TPSA) is 44.1 Å². The SMILES string of the molecule is CCC(C#N)(CC)C(=O)N(C)c1cc(C)cc(C)c1. The van der Waals surface area contributed by atoms with Crippen molar-refractivity contribution in [3.8, 4) is 6.07 Å². The van der Waals surface area contributed by atoms with Crippen LogP contribution < -0.4 is 4.90 Å². The van der Waals surface area contributed by atoms with Gasteiger partial charge in [0.05, 0.1) is 6.07 Å². The molecule has 0 saturated heterocycles. The minimum atomic E-state index is -0.910. The predicted molar refractivity (Wildman–Crippen MR) is 78.0 cm³/mol. The van der Waals surface area contributed by atoms with Gasteiger partial charge in [-0.2, -0.15) is 5.26 Å². The molecule has 0 N–H and O–H groups in total. The lowest BCUT2D eigenvalue weighted by molar-refractivity contribution is -0.125. The van der Waals surface area contributed by atoms with Gasteiger partial charge in [0.2, 0.25) is 5.91 Å². The fourth-order valence-electron chi connectivity index (χ4n) is 2.34. The Kier molecular flexibility index (Phi) is 4.72. The second kappa shape index (κ2) is 5.88. The van der Waals surface area contributed by atoms with Crippen LogP contribution in [0, 0.1) is 30.6 Å². The summed E-state index contributed by atoms with van der Waals surface area (Å²) in [6.45, 7) is 7.79. The van der Waals surface area contributed by atoms with E-state index < -0.39 is 5.41 Å². The molecule has 1 rings (SSSR count). The van der Waals surface area contributed by atoms with Crippen LogP contribution in [0.25, 0.3) is 0 Å². The summed E-state index contributed by atoms with van der Waals surface area (Å²) >= 11 is 0. The van der Waals surface area contributed by atoms with E-state index in [1.165, 1.54) is 0 Å². The number of benzene rings is 1. The Morgan fingerprint density at radius 1 is 1.21 bits per heavy atom. The van der Waals surface area contributed by atoms with Crippen LogP contribution in [0.5, 0.6) is 0 Å². The van der Waals surface area contributed by atoms with E-state index in [1.54, 1.807) is 11.9 Å². The molecule has 1 aromatic carbocycles. The summed E-state index contributed by atoms with van der Waals surface area (Å²) in [6, 6.07) is 8.21. The number of anilines is 1. The largest absolute Gasteiger partial charge is 0.314 e. The van der Waals surface area contributed by atoms with Crippen molar-refractivity contribution in [3.63, 3.8) is 0 Å². The fraction of sp³-hybridized carbons (Fsp3) is 0.500. The maximum Gasteiger partial charge on any atom is 0.247 e. The molecule has 0 aliphatic heterocycles. The summed E-state index contributed by atoms with van der Waals surface area (Å²) in [5, 5.41) is 9.35. The quantitative estimate of drug-likeness (QED) is 0.828. The van der Waals surface area contributed by atoms with Crippen molar-refractivity contribution in [2.24, 2.45) is 5.41 Å². The third kappa shape index (κ3) is 2.96. The minimum Gasteiger partial charge on any atom is -0.314 e. The van der Waals surface area contributed by atoms with Crippen LogP contribution in [-0.4, -0.2) is 13.0 Å². The highest BCUT2D eigenvalue weighted by Crippen LogP contribution is 2.30. The third-order valence-electron chi connectivity index (χ3n) is 3.73. The van der Waals surface area contributed by atoms with Crippen LogP contribution in [-0.2, 0) is 4.79 Å². The first-order valence-electron chi connectivity index (χ1n) is 6.68. The van der Waals surface area contributed by atoms with Gasteiger partial charge in [-0.05, 0) is 49.9 Å². The number of hydrogen-bond donors (Lipinski definition) is 0. The van der Waals surface area contributed by atoms with E-state index in [-0.39, 0.29) is 5.91 Å². The van der Waals surface area contributed by atoms with Gasteiger partial charge in [0.25, 0.3) is 0 Å². The molecular weight excluding hydrogens is 236 g/mol. The monoisotopic (exact) mass is 258 g/mol. The molecule has 0 spiro atoms. The summed E-state index contributed by atoms with van der Waals surface area (Å²) < 4.78 is 0. The Bertz CT molecular complexity index is 490. The Balaban J connectivity index is 3.15. The second-order valence-corrected chi connectivity index (χ2v) is 5.11. The predicted octanol–water partition coefficient (Wildman–Crippen LogP) is 3.60. The zero-order valence-electron chi connectivity index (χ0n) is 12.4. The van der Waals surface area contributed by atoms with E-state index in [2.05, 4.69) is 12.1 Å². The molecule has 0 fully saturated rings. The summed E-state index contributed by atoms with van der Waals surface area (Å²) in [5.74, 6) is -0.120. The number of amides is 1. The van der Waals surface area contributed by atoms with Crippen molar-refractivity contribution >= 4 is 11.6 Å². The maximum atomic E-state index is 12.6. The molecule has 0 aliphatic rings. The lowest BCUT2D eigenvalue weighted by Gasteiger charge is -2.28. The summed E-state index contributed by atoms with van der Waals surface area (Å²) in [4.78, 5) is 14.2. The molecule has 0 aromatic heterocycles. The highest BCUT2D eigenvalue weighted by molar-refractivity contribution is 5.99.